The highest BCUT2D eigenvalue weighted by molar-refractivity contribution is 9.10. The molecular formula is C19H21BrO4S. The molecular weight excluding hydrogens is 404 g/mol. The number of carbonyl (C=O) groups is 1. The van der Waals surface area contributed by atoms with Crippen molar-refractivity contribution in [2.75, 3.05) is 5.75 Å². The van der Waals surface area contributed by atoms with Crippen molar-refractivity contribution in [3.05, 3.63) is 64.1 Å². The quantitative estimate of drug-likeness (QED) is 0.485. The van der Waals surface area contributed by atoms with E-state index in [-0.39, 0.29) is 11.7 Å². The molecule has 0 bridgehead atoms. The summed E-state index contributed by atoms with van der Waals surface area (Å²) in [7, 11) is -3.60. The fourth-order valence-corrected chi connectivity index (χ4v) is 4.12. The Bertz CT molecular complexity index is 846. The molecule has 0 aromatic heterocycles. The largest absolute Gasteiger partial charge is 0.425 e. The zero-order valence-electron chi connectivity index (χ0n) is 14.2. The highest BCUT2D eigenvalue weighted by Crippen LogP contribution is 2.28. The van der Waals surface area contributed by atoms with Gasteiger partial charge < -0.3 is 4.74 Å². The average Bonchev–Trinajstić information content (AvgIpc) is 2.53. The Morgan fingerprint density at radius 1 is 1.16 bits per heavy atom. The van der Waals surface area contributed by atoms with Gasteiger partial charge in [0, 0.05) is 4.47 Å². The zero-order chi connectivity index (χ0) is 18.4. The molecule has 0 amide bonds. The third kappa shape index (κ3) is 5.97. The maximum Gasteiger partial charge on any atom is 0.326 e. The van der Waals surface area contributed by atoms with Crippen LogP contribution in [0.4, 0.5) is 0 Å². The Kier molecular flexibility index (Phi) is 6.79. The number of hydrogen-bond donors (Lipinski definition) is 0. The van der Waals surface area contributed by atoms with E-state index in [0.29, 0.717) is 11.3 Å². The summed E-state index contributed by atoms with van der Waals surface area (Å²) in [6.07, 6.45) is 0.899. The molecule has 0 N–H and O–H groups in total. The van der Waals surface area contributed by atoms with E-state index in [4.69, 9.17) is 4.74 Å². The Balaban J connectivity index is 2.07. The van der Waals surface area contributed by atoms with Gasteiger partial charge in [-0.15, -0.1) is 0 Å². The zero-order valence-corrected chi connectivity index (χ0v) is 16.6. The smallest absolute Gasteiger partial charge is 0.326 e. The van der Waals surface area contributed by atoms with E-state index in [9.17, 15) is 13.2 Å². The average molecular weight is 425 g/mol. The standard InChI is InChI=1S/C19H21BrO4S/c1-3-14(2)17-9-4-5-10-18(17)24-19(21)13-25(22,23)12-15-7-6-8-16(20)11-15/h4-11,14H,3,12-13H2,1-2H3. The van der Waals surface area contributed by atoms with Crippen molar-refractivity contribution >= 4 is 31.7 Å². The second-order valence-corrected chi connectivity index (χ2v) is 8.96. The summed E-state index contributed by atoms with van der Waals surface area (Å²) in [6.45, 7) is 4.09. The van der Waals surface area contributed by atoms with Gasteiger partial charge in [-0.25, -0.2) is 8.42 Å². The van der Waals surface area contributed by atoms with Gasteiger partial charge in [0.15, 0.2) is 9.84 Å². The van der Waals surface area contributed by atoms with Gasteiger partial charge in [-0.05, 0) is 41.7 Å². The summed E-state index contributed by atoms with van der Waals surface area (Å²) >= 11 is 3.31. The van der Waals surface area contributed by atoms with E-state index < -0.39 is 21.6 Å². The topological polar surface area (TPSA) is 60.4 Å². The fraction of sp³-hybridized carbons (Fsp3) is 0.316. The molecule has 2 rings (SSSR count). The summed E-state index contributed by atoms with van der Waals surface area (Å²) < 4.78 is 30.7. The molecule has 0 aliphatic carbocycles. The number of ether oxygens (including phenoxy) is 1. The SMILES string of the molecule is CCC(C)c1ccccc1OC(=O)CS(=O)(=O)Cc1cccc(Br)c1. The molecule has 25 heavy (non-hydrogen) atoms. The number of hydrogen-bond acceptors (Lipinski definition) is 4. The summed E-state index contributed by atoms with van der Waals surface area (Å²) in [5.41, 5.74) is 1.53. The number of carbonyl (C=O) groups excluding carboxylic acids is 1. The molecule has 0 aliphatic rings. The molecule has 0 spiro atoms. The van der Waals surface area contributed by atoms with Gasteiger partial charge in [-0.1, -0.05) is 60.1 Å². The van der Waals surface area contributed by atoms with Crippen molar-refractivity contribution in [2.45, 2.75) is 31.9 Å². The van der Waals surface area contributed by atoms with E-state index in [1.807, 2.05) is 32.0 Å². The summed E-state index contributed by atoms with van der Waals surface area (Å²) in [5.74, 6) is -0.948. The monoisotopic (exact) mass is 424 g/mol. The number of sulfone groups is 1. The minimum atomic E-state index is -3.60. The lowest BCUT2D eigenvalue weighted by atomic mass is 9.98. The molecule has 1 unspecified atom stereocenters. The van der Waals surface area contributed by atoms with E-state index >= 15 is 0 Å². The maximum absolute atomic E-state index is 12.3. The van der Waals surface area contributed by atoms with Crippen LogP contribution in [0.3, 0.4) is 0 Å². The molecule has 0 aliphatic heterocycles. The summed E-state index contributed by atoms with van der Waals surface area (Å²) in [6, 6.07) is 14.2. The first kappa shape index (κ1) is 19.7. The van der Waals surface area contributed by atoms with Crippen LogP contribution in [0.2, 0.25) is 0 Å². The van der Waals surface area contributed by atoms with Crippen molar-refractivity contribution in [1.29, 1.82) is 0 Å². The number of rotatable bonds is 7. The highest BCUT2D eigenvalue weighted by Gasteiger charge is 2.21. The molecule has 0 saturated carbocycles. The van der Waals surface area contributed by atoms with Crippen molar-refractivity contribution in [2.24, 2.45) is 0 Å². The van der Waals surface area contributed by atoms with Gasteiger partial charge in [0.05, 0.1) is 5.75 Å². The second-order valence-electron chi connectivity index (χ2n) is 5.98. The number of para-hydroxylation sites is 1. The lowest BCUT2D eigenvalue weighted by Crippen LogP contribution is -2.22. The van der Waals surface area contributed by atoms with Gasteiger partial charge in [0.25, 0.3) is 0 Å². The van der Waals surface area contributed by atoms with Crippen LogP contribution in [0, 0.1) is 0 Å². The minimum absolute atomic E-state index is 0.200. The molecule has 4 nitrogen and oxygen atoms in total. The van der Waals surface area contributed by atoms with Crippen LogP contribution < -0.4 is 4.74 Å². The van der Waals surface area contributed by atoms with E-state index in [2.05, 4.69) is 15.9 Å². The second kappa shape index (κ2) is 8.63. The minimum Gasteiger partial charge on any atom is -0.425 e. The van der Waals surface area contributed by atoms with Crippen LogP contribution in [0.25, 0.3) is 0 Å². The van der Waals surface area contributed by atoms with Crippen LogP contribution in [0.1, 0.15) is 37.3 Å². The van der Waals surface area contributed by atoms with Crippen molar-refractivity contribution in [1.82, 2.24) is 0 Å². The molecule has 2 aromatic carbocycles. The lowest BCUT2D eigenvalue weighted by Gasteiger charge is -2.14. The molecule has 134 valence electrons. The molecule has 2 aromatic rings. The van der Waals surface area contributed by atoms with Gasteiger partial charge in [-0.3, -0.25) is 4.79 Å². The van der Waals surface area contributed by atoms with Crippen LogP contribution >= 0.6 is 15.9 Å². The van der Waals surface area contributed by atoms with Gasteiger partial charge in [0.1, 0.15) is 11.5 Å². The normalized spacial score (nSPS) is 12.6. The molecule has 0 fully saturated rings. The van der Waals surface area contributed by atoms with Gasteiger partial charge in [-0.2, -0.15) is 0 Å². The summed E-state index contributed by atoms with van der Waals surface area (Å²) in [5, 5.41) is 0. The first-order valence-electron chi connectivity index (χ1n) is 8.05. The third-order valence-electron chi connectivity index (χ3n) is 3.90. The number of esters is 1. The first-order valence-corrected chi connectivity index (χ1v) is 10.7. The Morgan fingerprint density at radius 3 is 2.56 bits per heavy atom. The van der Waals surface area contributed by atoms with Crippen LogP contribution in [-0.4, -0.2) is 20.1 Å². The Morgan fingerprint density at radius 2 is 1.88 bits per heavy atom. The van der Waals surface area contributed by atoms with E-state index in [1.165, 1.54) is 0 Å². The predicted octanol–water partition coefficient (Wildman–Crippen LogP) is 4.48. The van der Waals surface area contributed by atoms with Crippen LogP contribution in [0.15, 0.2) is 53.0 Å². The fourth-order valence-electron chi connectivity index (χ4n) is 2.46. The third-order valence-corrected chi connectivity index (χ3v) is 5.84. The van der Waals surface area contributed by atoms with E-state index in [0.717, 1.165) is 16.5 Å². The number of halogens is 1. The molecule has 6 heteroatoms. The molecule has 0 heterocycles. The Hall–Kier alpha value is -1.66. The summed E-state index contributed by atoms with van der Waals surface area (Å²) in [4.78, 5) is 12.1. The van der Waals surface area contributed by atoms with E-state index in [1.54, 1.807) is 30.3 Å². The van der Waals surface area contributed by atoms with Crippen molar-refractivity contribution in [3.8, 4) is 5.75 Å². The van der Waals surface area contributed by atoms with Crippen molar-refractivity contribution in [3.63, 3.8) is 0 Å². The molecule has 0 saturated heterocycles. The van der Waals surface area contributed by atoms with Crippen LogP contribution in [-0.2, 0) is 20.4 Å². The highest BCUT2D eigenvalue weighted by atomic mass is 79.9. The molecule has 0 radical (unpaired) electrons. The van der Waals surface area contributed by atoms with Crippen molar-refractivity contribution < 1.29 is 17.9 Å². The lowest BCUT2D eigenvalue weighted by molar-refractivity contribution is -0.131. The molecule has 1 atom stereocenters. The maximum atomic E-state index is 12.3. The Labute approximate surface area is 157 Å². The number of benzene rings is 2. The van der Waals surface area contributed by atoms with Gasteiger partial charge in [0.2, 0.25) is 0 Å². The predicted molar refractivity (Wildman–Crippen MR) is 102 cm³/mol. The van der Waals surface area contributed by atoms with Crippen LogP contribution in [0.5, 0.6) is 5.75 Å². The first-order chi connectivity index (χ1) is 11.8. The van der Waals surface area contributed by atoms with Gasteiger partial charge >= 0.3 is 5.97 Å².